The topological polar surface area (TPSA) is 103 Å². The average molecular weight is 364 g/mol. The number of hydrogen-bond acceptors (Lipinski definition) is 6. The first-order chi connectivity index (χ1) is 11.8. The molecule has 0 radical (unpaired) electrons. The minimum absolute atomic E-state index is 0. The van der Waals surface area contributed by atoms with Crippen LogP contribution in [0, 0.1) is 5.92 Å². The lowest BCUT2D eigenvalue weighted by Gasteiger charge is -2.09. The van der Waals surface area contributed by atoms with E-state index in [1.807, 2.05) is 27.7 Å². The van der Waals surface area contributed by atoms with Crippen LogP contribution in [0.5, 0.6) is 0 Å². The maximum absolute atomic E-state index is 11.6. The summed E-state index contributed by atoms with van der Waals surface area (Å²) in [6.07, 6.45) is 0.310. The van der Waals surface area contributed by atoms with Crippen molar-refractivity contribution in [2.24, 2.45) is 5.92 Å². The summed E-state index contributed by atoms with van der Waals surface area (Å²) in [5.41, 5.74) is 0. The third kappa shape index (κ3) is 15.7. The first kappa shape index (κ1) is 23.5. The van der Waals surface area contributed by atoms with Crippen LogP contribution in [0.15, 0.2) is 0 Å². The summed E-state index contributed by atoms with van der Waals surface area (Å²) in [6.45, 7) is 9.13. The van der Waals surface area contributed by atoms with Gasteiger partial charge < -0.3 is 24.8 Å². The van der Waals surface area contributed by atoms with Crippen molar-refractivity contribution < 1.29 is 31.4 Å². The fraction of sp³-hybridized carbons (Fsp3) is 0.824. The van der Waals surface area contributed by atoms with Crippen LogP contribution >= 0.6 is 0 Å². The van der Waals surface area contributed by atoms with Gasteiger partial charge in [0.25, 0.3) is 0 Å². The molecule has 0 aliphatic carbocycles. The summed E-state index contributed by atoms with van der Waals surface area (Å²) in [5.74, 6) is -0.477. The first-order valence-electron chi connectivity index (χ1n) is 8.66. The lowest BCUT2D eigenvalue weighted by molar-refractivity contribution is -0.127. The Morgan fingerprint density at radius 2 is 1.48 bits per heavy atom. The van der Waals surface area contributed by atoms with Crippen molar-refractivity contribution in [2.75, 3.05) is 46.1 Å². The number of ether oxygens (including phenoxy) is 3. The van der Waals surface area contributed by atoms with Crippen molar-refractivity contribution in [3.63, 3.8) is 0 Å². The first-order valence-corrected chi connectivity index (χ1v) is 8.66. The molecule has 0 aliphatic rings. The van der Waals surface area contributed by atoms with Crippen molar-refractivity contribution in [3.05, 3.63) is 0 Å². The quantitative estimate of drug-likeness (QED) is 0.416. The number of nitrogens with one attached hydrogen (secondary N) is 2. The Hall–Kier alpha value is -1.51. The Morgan fingerprint density at radius 1 is 0.840 bits per heavy atom. The number of rotatable bonds is 15. The molecule has 0 spiro atoms. The number of hydrogen-bond donors (Lipinski definition) is 2. The Kier molecular flexibility index (Phi) is 13.9. The summed E-state index contributed by atoms with van der Waals surface area (Å²) in [5, 5.41) is 5.26. The fourth-order valence-electron chi connectivity index (χ4n) is 1.56. The van der Waals surface area contributed by atoms with Crippen molar-refractivity contribution in [1.82, 2.24) is 10.6 Å². The van der Waals surface area contributed by atoms with Gasteiger partial charge in [-0.15, -0.1) is 0 Å². The number of carbonyl (C=O) groups is 3. The van der Waals surface area contributed by atoms with Crippen LogP contribution in [0.2, 0.25) is 0 Å². The van der Waals surface area contributed by atoms with Crippen LogP contribution in [-0.2, 0) is 28.6 Å². The monoisotopic (exact) mass is 364 g/mol. The third-order valence-corrected chi connectivity index (χ3v) is 3.04. The van der Waals surface area contributed by atoms with Gasteiger partial charge in [-0.2, -0.15) is 0 Å². The molecule has 0 saturated carbocycles. The molecule has 0 fully saturated rings. The van der Waals surface area contributed by atoms with Gasteiger partial charge in [0.1, 0.15) is 13.2 Å². The molecule has 0 heterocycles. The number of amides is 2. The van der Waals surface area contributed by atoms with Crippen molar-refractivity contribution >= 4 is 17.6 Å². The minimum atomic E-state index is -0.270. The van der Waals surface area contributed by atoms with Gasteiger partial charge in [-0.05, 0) is 13.8 Å². The van der Waals surface area contributed by atoms with Gasteiger partial charge >= 0.3 is 0 Å². The Balaban J connectivity index is -0.00000288. The Bertz CT molecular complexity index is 409. The van der Waals surface area contributed by atoms with E-state index in [9.17, 15) is 14.4 Å². The van der Waals surface area contributed by atoms with Crippen LogP contribution in [0.4, 0.5) is 0 Å². The fourth-order valence-corrected chi connectivity index (χ4v) is 1.56. The van der Waals surface area contributed by atoms with Gasteiger partial charge in [-0.3, -0.25) is 14.4 Å². The molecule has 0 aromatic rings. The zero-order chi connectivity index (χ0) is 19.1. The third-order valence-electron chi connectivity index (χ3n) is 3.04. The molecule has 0 aromatic heterocycles. The van der Waals surface area contributed by atoms with Crippen LogP contribution in [0.25, 0.3) is 0 Å². The molecule has 2 amide bonds. The highest BCUT2D eigenvalue weighted by atomic mass is 16.5. The summed E-state index contributed by atoms with van der Waals surface area (Å²) in [6, 6.07) is 0. The molecular weight excluding hydrogens is 328 g/mol. The molecule has 150 valence electrons. The molecule has 0 rings (SSSR count). The molecule has 8 heteroatoms. The molecule has 0 unspecified atom stereocenters. The van der Waals surface area contributed by atoms with E-state index in [0.717, 1.165) is 0 Å². The van der Waals surface area contributed by atoms with E-state index in [2.05, 4.69) is 10.6 Å². The molecule has 0 aliphatic heterocycles. The van der Waals surface area contributed by atoms with Crippen LogP contribution in [0.1, 0.15) is 37.0 Å². The SMILES string of the molecule is CC(C)OCCOCC(=O)NCCC(=O)NCCOCC(=O)C(C)C.[HH].[HH]. The standard InChI is InChI=1S/C17H32N2O6.2H2/c1-13(2)15(20)11-23-8-7-19-16(21)5-6-18-17(22)12-24-9-10-25-14(3)4;;/h13-14H,5-12H2,1-4H3,(H,18,22)(H,19,21);2*1H. The highest BCUT2D eigenvalue weighted by Gasteiger charge is 2.07. The van der Waals surface area contributed by atoms with E-state index in [-0.39, 0.29) is 65.3 Å². The van der Waals surface area contributed by atoms with E-state index >= 15 is 0 Å². The Labute approximate surface area is 152 Å². The molecule has 0 bridgehead atoms. The number of Topliss-reactive ketones (excluding diaryl/α,β-unsaturated/α-hetero) is 1. The van der Waals surface area contributed by atoms with Crippen LogP contribution in [-0.4, -0.2) is 69.8 Å². The highest BCUT2D eigenvalue weighted by molar-refractivity contribution is 5.81. The number of carbonyl (C=O) groups excluding carboxylic acids is 3. The van der Waals surface area contributed by atoms with E-state index in [1.54, 1.807) is 0 Å². The van der Waals surface area contributed by atoms with E-state index in [4.69, 9.17) is 14.2 Å². The van der Waals surface area contributed by atoms with Crippen LogP contribution in [0.3, 0.4) is 0 Å². The maximum Gasteiger partial charge on any atom is 0.246 e. The van der Waals surface area contributed by atoms with Crippen molar-refractivity contribution in [1.29, 1.82) is 0 Å². The van der Waals surface area contributed by atoms with E-state index in [1.165, 1.54) is 0 Å². The largest absolute Gasteiger partial charge is 0.376 e. The molecule has 0 aromatic carbocycles. The predicted molar refractivity (Wildman–Crippen MR) is 97.4 cm³/mol. The summed E-state index contributed by atoms with van der Waals surface area (Å²) >= 11 is 0. The molecular formula is C17H36N2O6. The zero-order valence-corrected chi connectivity index (χ0v) is 15.8. The van der Waals surface area contributed by atoms with Gasteiger partial charge in [0.2, 0.25) is 11.8 Å². The van der Waals surface area contributed by atoms with Gasteiger partial charge in [-0.1, -0.05) is 13.8 Å². The summed E-state index contributed by atoms with van der Waals surface area (Å²) in [4.78, 5) is 34.4. The normalized spacial score (nSPS) is 11.0. The van der Waals surface area contributed by atoms with E-state index in [0.29, 0.717) is 19.8 Å². The average Bonchev–Trinajstić information content (AvgIpc) is 2.53. The highest BCUT2D eigenvalue weighted by Crippen LogP contribution is 1.94. The van der Waals surface area contributed by atoms with Gasteiger partial charge in [0.05, 0.1) is 25.9 Å². The van der Waals surface area contributed by atoms with E-state index < -0.39 is 0 Å². The Morgan fingerprint density at radius 3 is 2.12 bits per heavy atom. The maximum atomic E-state index is 11.6. The second-order valence-corrected chi connectivity index (χ2v) is 6.10. The van der Waals surface area contributed by atoms with Crippen molar-refractivity contribution in [3.8, 4) is 0 Å². The van der Waals surface area contributed by atoms with Gasteiger partial charge in [0.15, 0.2) is 5.78 Å². The van der Waals surface area contributed by atoms with Crippen molar-refractivity contribution in [2.45, 2.75) is 40.2 Å². The lowest BCUT2D eigenvalue weighted by atomic mass is 10.1. The lowest BCUT2D eigenvalue weighted by Crippen LogP contribution is -2.34. The smallest absolute Gasteiger partial charge is 0.246 e. The second-order valence-electron chi connectivity index (χ2n) is 6.10. The second kappa shape index (κ2) is 14.8. The molecule has 2 N–H and O–H groups in total. The summed E-state index contributed by atoms with van der Waals surface area (Å²) in [7, 11) is 0. The molecule has 25 heavy (non-hydrogen) atoms. The predicted octanol–water partition coefficient (Wildman–Crippen LogP) is 0.784. The number of ketones is 1. The van der Waals surface area contributed by atoms with Crippen LogP contribution < -0.4 is 10.6 Å². The van der Waals surface area contributed by atoms with Gasteiger partial charge in [0, 0.05) is 28.3 Å². The molecule has 0 atom stereocenters. The zero-order valence-electron chi connectivity index (χ0n) is 15.8. The molecule has 0 saturated heterocycles. The minimum Gasteiger partial charge on any atom is -0.376 e. The van der Waals surface area contributed by atoms with Gasteiger partial charge in [-0.25, -0.2) is 0 Å². The molecule has 8 nitrogen and oxygen atoms in total. The summed E-state index contributed by atoms with van der Waals surface area (Å²) < 4.78 is 15.6.